The molecule has 1 amide bonds. The van der Waals surface area contributed by atoms with Gasteiger partial charge in [-0.15, -0.1) is 0 Å². The van der Waals surface area contributed by atoms with E-state index < -0.39 is 12.0 Å². The van der Waals surface area contributed by atoms with Gasteiger partial charge in [-0.05, 0) is 65.0 Å². The van der Waals surface area contributed by atoms with Gasteiger partial charge in [-0.3, -0.25) is 9.59 Å². The monoisotopic (exact) mass is 432 g/mol. The lowest BCUT2D eigenvalue weighted by molar-refractivity contribution is -0.144. The topological polar surface area (TPSA) is 77.4 Å². The molecule has 3 rings (SSSR count). The number of Topliss-reactive ketones (excluding diaryl/α,β-unsaturated/α-hetero) is 1. The van der Waals surface area contributed by atoms with Crippen LogP contribution in [0.3, 0.4) is 0 Å². The van der Waals surface area contributed by atoms with Gasteiger partial charge in [0.25, 0.3) is 5.91 Å². The van der Waals surface area contributed by atoms with E-state index in [1.807, 2.05) is 62.6 Å². The molecule has 0 aliphatic rings. The normalized spacial score (nSPS) is 11.7. The molecule has 0 spiro atoms. The molecular formula is C26H28N2O4. The van der Waals surface area contributed by atoms with Crippen molar-refractivity contribution in [1.82, 2.24) is 9.88 Å². The molecule has 3 aromatic rings. The minimum absolute atomic E-state index is 0.290. The number of esters is 1. The molecule has 0 fully saturated rings. The van der Waals surface area contributed by atoms with Crippen LogP contribution in [0.15, 0.2) is 54.6 Å². The zero-order chi connectivity index (χ0) is 23.4. The van der Waals surface area contributed by atoms with Gasteiger partial charge in [-0.1, -0.05) is 35.4 Å². The van der Waals surface area contributed by atoms with Crippen molar-refractivity contribution in [2.45, 2.75) is 40.7 Å². The first-order valence-electron chi connectivity index (χ1n) is 10.5. The summed E-state index contributed by atoms with van der Waals surface area (Å²) in [5, 5.41) is 2.61. The van der Waals surface area contributed by atoms with Gasteiger partial charge in [0.05, 0.1) is 0 Å². The summed E-state index contributed by atoms with van der Waals surface area (Å²) in [6.45, 7) is 8.85. The highest BCUT2D eigenvalue weighted by Crippen LogP contribution is 2.21. The second kappa shape index (κ2) is 9.64. The van der Waals surface area contributed by atoms with E-state index in [2.05, 4.69) is 5.32 Å². The number of carbonyl (C=O) groups is 3. The minimum atomic E-state index is -0.879. The summed E-state index contributed by atoms with van der Waals surface area (Å²) >= 11 is 0. The highest BCUT2D eigenvalue weighted by atomic mass is 16.5. The van der Waals surface area contributed by atoms with Crippen molar-refractivity contribution in [3.05, 3.63) is 88.2 Å². The fourth-order valence-electron chi connectivity index (χ4n) is 3.60. The van der Waals surface area contributed by atoms with Crippen molar-refractivity contribution in [2.24, 2.45) is 0 Å². The molecule has 1 heterocycles. The number of rotatable bonds is 7. The maximum absolute atomic E-state index is 12.7. The largest absolute Gasteiger partial charge is 0.456 e. The Kier molecular flexibility index (Phi) is 6.93. The van der Waals surface area contributed by atoms with Crippen LogP contribution >= 0.6 is 0 Å². The second-order valence-electron chi connectivity index (χ2n) is 8.05. The molecule has 1 aromatic heterocycles. The number of hydrogen-bond donors (Lipinski definition) is 1. The molecule has 0 saturated carbocycles. The third-order valence-electron chi connectivity index (χ3n) is 5.35. The van der Waals surface area contributed by atoms with Crippen LogP contribution in [0.25, 0.3) is 5.69 Å². The van der Waals surface area contributed by atoms with Crippen LogP contribution in [0, 0.1) is 27.7 Å². The summed E-state index contributed by atoms with van der Waals surface area (Å²) < 4.78 is 7.19. The number of amides is 1. The fourth-order valence-corrected chi connectivity index (χ4v) is 3.60. The molecule has 0 unspecified atom stereocenters. The summed E-state index contributed by atoms with van der Waals surface area (Å²) in [4.78, 5) is 37.4. The van der Waals surface area contributed by atoms with Crippen LogP contribution in [0.1, 0.15) is 50.2 Å². The van der Waals surface area contributed by atoms with Gasteiger partial charge in [-0.2, -0.15) is 0 Å². The number of nitrogens with zero attached hydrogens (tertiary/aromatic N) is 1. The van der Waals surface area contributed by atoms with Crippen molar-refractivity contribution in [3.8, 4) is 5.69 Å². The van der Waals surface area contributed by atoms with Crippen molar-refractivity contribution in [3.63, 3.8) is 0 Å². The summed E-state index contributed by atoms with van der Waals surface area (Å²) in [5.74, 6) is -1.32. The Morgan fingerprint density at radius 3 is 2.28 bits per heavy atom. The summed E-state index contributed by atoms with van der Waals surface area (Å²) in [5.41, 5.74) is 5.74. The molecule has 32 heavy (non-hydrogen) atoms. The average Bonchev–Trinajstić information content (AvgIpc) is 3.06. The lowest BCUT2D eigenvalue weighted by Crippen LogP contribution is -2.40. The Bertz CT molecular complexity index is 1160. The number of aromatic nitrogens is 1. The van der Waals surface area contributed by atoms with Gasteiger partial charge >= 0.3 is 5.97 Å². The van der Waals surface area contributed by atoms with Gasteiger partial charge in [0.15, 0.2) is 6.61 Å². The van der Waals surface area contributed by atoms with Gasteiger partial charge < -0.3 is 14.6 Å². The third-order valence-corrected chi connectivity index (χ3v) is 5.35. The predicted molar refractivity (Wildman–Crippen MR) is 123 cm³/mol. The molecule has 1 atom stereocenters. The summed E-state index contributed by atoms with van der Waals surface area (Å²) in [7, 11) is 0. The van der Waals surface area contributed by atoms with E-state index in [4.69, 9.17) is 4.74 Å². The van der Waals surface area contributed by atoms with Crippen molar-refractivity contribution in [2.75, 3.05) is 6.61 Å². The molecule has 0 saturated heterocycles. The molecule has 6 nitrogen and oxygen atoms in total. The van der Waals surface area contributed by atoms with Crippen molar-refractivity contribution >= 4 is 17.7 Å². The van der Waals surface area contributed by atoms with Gasteiger partial charge in [0.2, 0.25) is 5.78 Å². The number of ether oxygens (including phenoxy) is 1. The second-order valence-corrected chi connectivity index (χ2v) is 8.05. The zero-order valence-corrected chi connectivity index (χ0v) is 19.1. The molecule has 0 bridgehead atoms. The first-order valence-corrected chi connectivity index (χ1v) is 10.5. The van der Waals surface area contributed by atoms with E-state index in [1.165, 1.54) is 6.92 Å². The Hall–Kier alpha value is -3.67. The number of aryl methyl sites for hydroxylation is 3. The van der Waals surface area contributed by atoms with Gasteiger partial charge in [0, 0.05) is 28.2 Å². The van der Waals surface area contributed by atoms with Crippen LogP contribution in [-0.4, -0.2) is 34.9 Å². The zero-order valence-electron chi connectivity index (χ0n) is 19.1. The maximum atomic E-state index is 12.7. The number of carbonyl (C=O) groups excluding carboxylic acids is 3. The lowest BCUT2D eigenvalue weighted by Gasteiger charge is -2.13. The first kappa shape index (κ1) is 23.0. The van der Waals surface area contributed by atoms with E-state index in [0.717, 1.165) is 28.2 Å². The van der Waals surface area contributed by atoms with Crippen molar-refractivity contribution < 1.29 is 19.1 Å². The van der Waals surface area contributed by atoms with E-state index in [1.54, 1.807) is 24.3 Å². The number of nitrogens with one attached hydrogen (secondary N) is 1. The number of ketones is 1. The molecule has 6 heteroatoms. The maximum Gasteiger partial charge on any atom is 0.328 e. The molecule has 166 valence electrons. The van der Waals surface area contributed by atoms with Crippen LogP contribution in [0.5, 0.6) is 0 Å². The standard InChI is InChI=1S/C26H28N2O4/c1-16-9-11-22(12-10-16)28-18(3)14-23(20(28)5)24(29)15-32-26(31)19(4)27-25(30)21-8-6-7-17(2)13-21/h6-14,19H,15H2,1-5H3,(H,27,30)/t19-/m1/s1. The number of hydrogen-bond acceptors (Lipinski definition) is 4. The predicted octanol–water partition coefficient (Wildman–Crippen LogP) is 4.26. The Balaban J connectivity index is 1.63. The van der Waals surface area contributed by atoms with Gasteiger partial charge in [-0.25, -0.2) is 4.79 Å². The summed E-state index contributed by atoms with van der Waals surface area (Å²) in [6.07, 6.45) is 0. The van der Waals surface area contributed by atoms with Crippen LogP contribution in [0.2, 0.25) is 0 Å². The van der Waals surface area contributed by atoms with E-state index in [0.29, 0.717) is 11.1 Å². The summed E-state index contributed by atoms with van der Waals surface area (Å²) in [6, 6.07) is 16.0. The van der Waals surface area contributed by atoms with E-state index >= 15 is 0 Å². The van der Waals surface area contributed by atoms with Crippen LogP contribution in [-0.2, 0) is 9.53 Å². The van der Waals surface area contributed by atoms with E-state index in [9.17, 15) is 14.4 Å². The van der Waals surface area contributed by atoms with E-state index in [-0.39, 0.29) is 18.3 Å². The smallest absolute Gasteiger partial charge is 0.328 e. The molecule has 1 N–H and O–H groups in total. The highest BCUT2D eigenvalue weighted by molar-refractivity contribution is 6.00. The Morgan fingerprint density at radius 1 is 0.938 bits per heavy atom. The van der Waals surface area contributed by atoms with Gasteiger partial charge in [0.1, 0.15) is 6.04 Å². The Morgan fingerprint density at radius 2 is 1.62 bits per heavy atom. The highest BCUT2D eigenvalue weighted by Gasteiger charge is 2.22. The molecular weight excluding hydrogens is 404 g/mol. The number of benzene rings is 2. The van der Waals surface area contributed by atoms with Crippen LogP contribution < -0.4 is 5.32 Å². The van der Waals surface area contributed by atoms with Crippen LogP contribution in [0.4, 0.5) is 0 Å². The molecule has 0 radical (unpaired) electrons. The average molecular weight is 433 g/mol. The quantitative estimate of drug-likeness (QED) is 0.447. The SMILES string of the molecule is Cc1ccc(-n2c(C)cc(C(=O)COC(=O)[C@@H](C)NC(=O)c3cccc(C)c3)c2C)cc1. The third kappa shape index (κ3) is 5.14. The van der Waals surface area contributed by atoms with Crippen molar-refractivity contribution in [1.29, 1.82) is 0 Å². The molecule has 0 aliphatic heterocycles. The molecule has 0 aliphatic carbocycles. The first-order chi connectivity index (χ1) is 15.2. The fraction of sp³-hybridized carbons (Fsp3) is 0.269. The lowest BCUT2D eigenvalue weighted by atomic mass is 10.1. The minimum Gasteiger partial charge on any atom is -0.456 e. The Labute approximate surface area is 188 Å². The molecule has 2 aromatic carbocycles.